The van der Waals surface area contributed by atoms with E-state index in [9.17, 15) is 9.90 Å². The lowest BCUT2D eigenvalue weighted by molar-refractivity contribution is 0.0622. The number of hydrogen-bond donors (Lipinski definition) is 2. The Hall–Kier alpha value is -2.26. The molecule has 2 N–H and O–H groups in total. The summed E-state index contributed by atoms with van der Waals surface area (Å²) >= 11 is 0. The smallest absolute Gasteiger partial charge is 0.273 e. The van der Waals surface area contributed by atoms with Crippen molar-refractivity contribution in [3.8, 4) is 0 Å². The molecule has 0 spiro atoms. The molecule has 0 bridgehead atoms. The van der Waals surface area contributed by atoms with E-state index < -0.39 is 0 Å². The average molecular weight is 349 g/mol. The maximum Gasteiger partial charge on any atom is 0.273 e. The Labute approximate surface area is 145 Å². The number of nitrogens with zero attached hydrogens (tertiary/aromatic N) is 4. The van der Waals surface area contributed by atoms with Gasteiger partial charge in [0.25, 0.3) is 5.91 Å². The fourth-order valence-electron chi connectivity index (χ4n) is 2.71. The van der Waals surface area contributed by atoms with E-state index in [1.54, 1.807) is 6.07 Å². The summed E-state index contributed by atoms with van der Waals surface area (Å²) in [6.45, 7) is 6.10. The number of amides is 1. The number of rotatable bonds is 6. The predicted molar refractivity (Wildman–Crippen MR) is 86.6 cm³/mol. The Morgan fingerprint density at radius 2 is 2.28 bits per heavy atom. The van der Waals surface area contributed by atoms with Gasteiger partial charge in [-0.05, 0) is 19.4 Å². The van der Waals surface area contributed by atoms with E-state index in [2.05, 4.69) is 25.5 Å². The summed E-state index contributed by atoms with van der Waals surface area (Å²) in [5.41, 5.74) is 0.208. The first kappa shape index (κ1) is 17.6. The molecule has 3 rings (SSSR count). The SMILES string of the molecule is CC(C)c1nc(CNC(=O)c2cc(CN3CCC[C@@H](O)C3)on2)no1. The Bertz CT molecular complexity index is 711. The molecule has 9 heteroatoms. The van der Waals surface area contributed by atoms with Crippen LogP contribution in [-0.2, 0) is 13.1 Å². The molecule has 1 saturated heterocycles. The third-order valence-electron chi connectivity index (χ3n) is 4.04. The zero-order valence-corrected chi connectivity index (χ0v) is 14.4. The summed E-state index contributed by atoms with van der Waals surface area (Å²) in [5, 5.41) is 20.0. The highest BCUT2D eigenvalue weighted by molar-refractivity contribution is 5.92. The molecule has 0 aliphatic carbocycles. The van der Waals surface area contributed by atoms with Gasteiger partial charge in [-0.15, -0.1) is 0 Å². The van der Waals surface area contributed by atoms with Crippen molar-refractivity contribution in [1.82, 2.24) is 25.5 Å². The van der Waals surface area contributed by atoms with E-state index in [1.807, 2.05) is 13.8 Å². The highest BCUT2D eigenvalue weighted by Crippen LogP contribution is 2.14. The molecule has 1 atom stereocenters. The first-order valence-corrected chi connectivity index (χ1v) is 8.48. The number of nitrogens with one attached hydrogen (secondary N) is 1. The summed E-state index contributed by atoms with van der Waals surface area (Å²) in [6, 6.07) is 1.62. The third-order valence-corrected chi connectivity index (χ3v) is 4.04. The minimum atomic E-state index is -0.357. The lowest BCUT2D eigenvalue weighted by atomic mass is 10.1. The van der Waals surface area contributed by atoms with Crippen molar-refractivity contribution in [2.75, 3.05) is 13.1 Å². The van der Waals surface area contributed by atoms with Crippen molar-refractivity contribution in [3.05, 3.63) is 29.2 Å². The summed E-state index contributed by atoms with van der Waals surface area (Å²) < 4.78 is 10.3. The van der Waals surface area contributed by atoms with E-state index in [4.69, 9.17) is 9.05 Å². The molecular weight excluding hydrogens is 326 g/mol. The first-order valence-electron chi connectivity index (χ1n) is 8.48. The van der Waals surface area contributed by atoms with Crippen molar-refractivity contribution in [1.29, 1.82) is 0 Å². The normalized spacial score (nSPS) is 18.6. The van der Waals surface area contributed by atoms with Crippen molar-refractivity contribution in [2.45, 2.75) is 51.8 Å². The molecule has 1 aliphatic heterocycles. The quantitative estimate of drug-likeness (QED) is 0.795. The van der Waals surface area contributed by atoms with Crippen LogP contribution in [0, 0.1) is 0 Å². The summed E-state index contributed by atoms with van der Waals surface area (Å²) in [5.74, 6) is 1.34. The Morgan fingerprint density at radius 3 is 3.00 bits per heavy atom. The molecule has 0 radical (unpaired) electrons. The van der Waals surface area contributed by atoms with Crippen molar-refractivity contribution in [3.63, 3.8) is 0 Å². The van der Waals surface area contributed by atoms with Crippen LogP contribution in [0.15, 0.2) is 15.1 Å². The van der Waals surface area contributed by atoms with Crippen LogP contribution in [0.25, 0.3) is 0 Å². The molecule has 1 amide bonds. The second-order valence-corrected chi connectivity index (χ2v) is 6.60. The van der Waals surface area contributed by atoms with E-state index in [0.717, 1.165) is 19.4 Å². The number of hydrogen-bond acceptors (Lipinski definition) is 8. The second-order valence-electron chi connectivity index (χ2n) is 6.60. The van der Waals surface area contributed by atoms with Crippen molar-refractivity contribution < 1.29 is 18.9 Å². The van der Waals surface area contributed by atoms with Crippen LogP contribution in [0.3, 0.4) is 0 Å². The number of likely N-dealkylation sites (tertiary alicyclic amines) is 1. The average Bonchev–Trinajstić information content (AvgIpc) is 3.22. The molecule has 0 aromatic carbocycles. The second kappa shape index (κ2) is 7.75. The summed E-state index contributed by atoms with van der Waals surface area (Å²) in [4.78, 5) is 18.4. The van der Waals surface area contributed by atoms with Crippen molar-refractivity contribution >= 4 is 5.91 Å². The van der Waals surface area contributed by atoms with E-state index in [0.29, 0.717) is 30.6 Å². The highest BCUT2D eigenvalue weighted by atomic mass is 16.5. The van der Waals surface area contributed by atoms with Gasteiger partial charge in [-0.3, -0.25) is 9.69 Å². The van der Waals surface area contributed by atoms with Gasteiger partial charge in [0.05, 0.1) is 19.2 Å². The Morgan fingerprint density at radius 1 is 1.44 bits per heavy atom. The highest BCUT2D eigenvalue weighted by Gasteiger charge is 2.20. The van der Waals surface area contributed by atoms with E-state index >= 15 is 0 Å². The molecule has 136 valence electrons. The van der Waals surface area contributed by atoms with Crippen molar-refractivity contribution in [2.24, 2.45) is 0 Å². The lowest BCUT2D eigenvalue weighted by Gasteiger charge is -2.28. The predicted octanol–water partition coefficient (Wildman–Crippen LogP) is 1.07. The largest absolute Gasteiger partial charge is 0.392 e. The lowest BCUT2D eigenvalue weighted by Crippen LogP contribution is -2.37. The molecule has 25 heavy (non-hydrogen) atoms. The van der Waals surface area contributed by atoms with Gasteiger partial charge in [0.2, 0.25) is 5.89 Å². The molecule has 9 nitrogen and oxygen atoms in total. The molecule has 3 heterocycles. The number of aliphatic hydroxyl groups is 1. The monoisotopic (exact) mass is 349 g/mol. The Kier molecular flexibility index (Phi) is 5.44. The fourth-order valence-corrected chi connectivity index (χ4v) is 2.71. The zero-order valence-electron chi connectivity index (χ0n) is 14.4. The van der Waals surface area contributed by atoms with Gasteiger partial charge in [-0.2, -0.15) is 4.98 Å². The van der Waals surface area contributed by atoms with E-state index in [-0.39, 0.29) is 30.2 Å². The molecule has 2 aromatic heterocycles. The molecule has 1 aliphatic rings. The molecule has 0 saturated carbocycles. The summed E-state index contributed by atoms with van der Waals surface area (Å²) in [7, 11) is 0. The third kappa shape index (κ3) is 4.64. The van der Waals surface area contributed by atoms with Crippen LogP contribution in [0.5, 0.6) is 0 Å². The molecule has 1 fully saturated rings. The number of aliphatic hydroxyl groups excluding tert-OH is 1. The van der Waals surface area contributed by atoms with Crippen LogP contribution < -0.4 is 5.32 Å². The minimum Gasteiger partial charge on any atom is -0.392 e. The number of aromatic nitrogens is 3. The van der Waals surface area contributed by atoms with Gasteiger partial charge in [-0.1, -0.05) is 24.2 Å². The number of carbonyl (C=O) groups is 1. The first-order chi connectivity index (χ1) is 12.0. The van der Waals surface area contributed by atoms with Gasteiger partial charge in [0.1, 0.15) is 0 Å². The van der Waals surface area contributed by atoms with Gasteiger partial charge in [-0.25, -0.2) is 0 Å². The van der Waals surface area contributed by atoms with Gasteiger partial charge in [0.15, 0.2) is 17.3 Å². The number of piperidine rings is 1. The maximum absolute atomic E-state index is 12.1. The summed E-state index contributed by atoms with van der Waals surface area (Å²) in [6.07, 6.45) is 1.48. The zero-order chi connectivity index (χ0) is 17.8. The van der Waals surface area contributed by atoms with Crippen LogP contribution in [0.1, 0.15) is 60.6 Å². The number of carbonyl (C=O) groups excluding carboxylic acids is 1. The standard InChI is InChI=1S/C16H23N5O4/c1-10(2)16-18-14(20-25-16)7-17-15(23)13-6-12(24-19-13)9-21-5-3-4-11(22)8-21/h6,10-11,22H,3-5,7-9H2,1-2H3,(H,17,23)/t11-/m1/s1. The van der Waals surface area contributed by atoms with Gasteiger partial charge >= 0.3 is 0 Å². The van der Waals surface area contributed by atoms with Crippen LogP contribution in [0.4, 0.5) is 0 Å². The maximum atomic E-state index is 12.1. The van der Waals surface area contributed by atoms with Gasteiger partial charge in [0, 0.05) is 18.5 Å². The van der Waals surface area contributed by atoms with Crippen LogP contribution in [-0.4, -0.2) is 50.4 Å². The molecule has 0 unspecified atom stereocenters. The number of β-amino-alcohol motifs (C(OH)–C–C–N with tert-alkyl or cyclic N) is 1. The van der Waals surface area contributed by atoms with Gasteiger partial charge < -0.3 is 19.5 Å². The minimum absolute atomic E-state index is 0.142. The van der Waals surface area contributed by atoms with E-state index in [1.165, 1.54) is 0 Å². The van der Waals surface area contributed by atoms with Crippen LogP contribution >= 0.6 is 0 Å². The Balaban J connectivity index is 1.51. The topological polar surface area (TPSA) is 118 Å². The molecular formula is C16H23N5O4. The molecule has 2 aromatic rings. The van der Waals surface area contributed by atoms with Crippen LogP contribution in [0.2, 0.25) is 0 Å². The fraction of sp³-hybridized carbons (Fsp3) is 0.625.